The van der Waals surface area contributed by atoms with Crippen molar-refractivity contribution in [3.05, 3.63) is 29.8 Å². The van der Waals surface area contributed by atoms with Crippen LogP contribution in [0.25, 0.3) is 0 Å². The van der Waals surface area contributed by atoms with Crippen LogP contribution in [0, 0.1) is 17.8 Å². The van der Waals surface area contributed by atoms with Crippen molar-refractivity contribution < 1.29 is 18.3 Å². The van der Waals surface area contributed by atoms with Crippen LogP contribution >= 0.6 is 0 Å². The first-order valence-electron chi connectivity index (χ1n) is 7.18. The minimum Gasteiger partial charge on any atom is -0.481 e. The van der Waals surface area contributed by atoms with Gasteiger partial charge in [0, 0.05) is 0 Å². The van der Waals surface area contributed by atoms with Crippen LogP contribution in [0.4, 0.5) is 0 Å². The molecule has 0 saturated heterocycles. The Morgan fingerprint density at radius 1 is 1.10 bits per heavy atom. The van der Waals surface area contributed by atoms with Gasteiger partial charge in [0.05, 0.1) is 16.6 Å². The summed E-state index contributed by atoms with van der Waals surface area (Å²) in [5.74, 6) is -2.03. The first-order valence-corrected chi connectivity index (χ1v) is 8.83. The maximum atomic E-state index is 12.3. The lowest BCUT2D eigenvalue weighted by atomic mass is 9.98. The van der Waals surface area contributed by atoms with Crippen LogP contribution in [0.1, 0.15) is 33.3 Å². The Labute approximate surface area is 127 Å². The SMILES string of the molecule is CC(C)Cc1ccc(S(=O)(=O)C[C@H](C(=O)O)C(C)C)cc1. The second-order valence-corrected chi connectivity index (χ2v) is 8.25. The smallest absolute Gasteiger partial charge is 0.307 e. The molecule has 0 unspecified atom stereocenters. The van der Waals surface area contributed by atoms with E-state index in [0.717, 1.165) is 12.0 Å². The van der Waals surface area contributed by atoms with Crippen molar-refractivity contribution in [2.45, 2.75) is 39.0 Å². The molecule has 5 heteroatoms. The van der Waals surface area contributed by atoms with Crippen LogP contribution in [0.2, 0.25) is 0 Å². The van der Waals surface area contributed by atoms with Gasteiger partial charge in [-0.05, 0) is 36.0 Å². The van der Waals surface area contributed by atoms with Gasteiger partial charge in [0.2, 0.25) is 0 Å². The molecule has 1 rings (SSSR count). The number of carboxylic acids is 1. The average Bonchev–Trinajstić information content (AvgIpc) is 2.35. The lowest BCUT2D eigenvalue weighted by Gasteiger charge is -2.16. The first-order chi connectivity index (χ1) is 9.63. The molecule has 1 N–H and O–H groups in total. The van der Waals surface area contributed by atoms with Crippen molar-refractivity contribution in [2.75, 3.05) is 5.75 Å². The van der Waals surface area contributed by atoms with Gasteiger partial charge in [-0.3, -0.25) is 4.79 Å². The molecule has 0 radical (unpaired) electrons. The second kappa shape index (κ2) is 7.07. The molecule has 0 saturated carbocycles. The van der Waals surface area contributed by atoms with Gasteiger partial charge in [-0.15, -0.1) is 0 Å². The quantitative estimate of drug-likeness (QED) is 0.840. The highest BCUT2D eigenvalue weighted by atomic mass is 32.2. The Balaban J connectivity index is 2.95. The van der Waals surface area contributed by atoms with E-state index in [1.807, 2.05) is 0 Å². The van der Waals surface area contributed by atoms with Gasteiger partial charge < -0.3 is 5.11 Å². The van der Waals surface area contributed by atoms with Crippen molar-refractivity contribution in [3.8, 4) is 0 Å². The number of carbonyl (C=O) groups is 1. The van der Waals surface area contributed by atoms with Gasteiger partial charge in [-0.2, -0.15) is 0 Å². The molecule has 0 aliphatic carbocycles. The average molecular weight is 312 g/mol. The van der Waals surface area contributed by atoms with Crippen molar-refractivity contribution >= 4 is 15.8 Å². The minimum absolute atomic E-state index is 0.196. The van der Waals surface area contributed by atoms with Gasteiger partial charge in [-0.25, -0.2) is 8.42 Å². The Hall–Kier alpha value is -1.36. The molecule has 0 fully saturated rings. The van der Waals surface area contributed by atoms with E-state index in [0.29, 0.717) is 5.92 Å². The van der Waals surface area contributed by atoms with Crippen LogP contribution in [0.15, 0.2) is 29.2 Å². The summed E-state index contributed by atoms with van der Waals surface area (Å²) in [5.41, 5.74) is 1.09. The summed E-state index contributed by atoms with van der Waals surface area (Å²) in [6.45, 7) is 7.65. The predicted molar refractivity (Wildman–Crippen MR) is 83.0 cm³/mol. The summed E-state index contributed by atoms with van der Waals surface area (Å²) in [5, 5.41) is 9.13. The van der Waals surface area contributed by atoms with E-state index < -0.39 is 21.7 Å². The van der Waals surface area contributed by atoms with Crippen molar-refractivity contribution in [3.63, 3.8) is 0 Å². The van der Waals surface area contributed by atoms with E-state index >= 15 is 0 Å². The van der Waals surface area contributed by atoms with Gasteiger partial charge in [0.25, 0.3) is 0 Å². The van der Waals surface area contributed by atoms with Crippen molar-refractivity contribution in [1.82, 2.24) is 0 Å². The third-order valence-corrected chi connectivity index (χ3v) is 5.24. The zero-order valence-electron chi connectivity index (χ0n) is 13.0. The molecule has 0 aliphatic heterocycles. The van der Waals surface area contributed by atoms with Crippen LogP contribution < -0.4 is 0 Å². The molecular formula is C16H24O4S. The fraction of sp³-hybridized carbons (Fsp3) is 0.562. The molecule has 4 nitrogen and oxygen atoms in total. The van der Waals surface area contributed by atoms with E-state index in [1.165, 1.54) is 0 Å². The predicted octanol–water partition coefficient (Wildman–Crippen LogP) is 3.02. The Kier molecular flexibility index (Phi) is 5.96. The highest BCUT2D eigenvalue weighted by Gasteiger charge is 2.29. The summed E-state index contributed by atoms with van der Waals surface area (Å²) in [6.07, 6.45) is 0.893. The zero-order chi connectivity index (χ0) is 16.2. The maximum absolute atomic E-state index is 12.3. The topological polar surface area (TPSA) is 71.4 Å². The zero-order valence-corrected chi connectivity index (χ0v) is 13.9. The fourth-order valence-corrected chi connectivity index (χ4v) is 3.93. The number of rotatable bonds is 7. The largest absolute Gasteiger partial charge is 0.481 e. The van der Waals surface area contributed by atoms with Crippen LogP contribution in [-0.4, -0.2) is 25.2 Å². The standard InChI is InChI=1S/C16H24O4S/c1-11(2)9-13-5-7-14(8-6-13)21(19,20)10-15(12(3)4)16(17)18/h5-8,11-12,15H,9-10H2,1-4H3,(H,17,18)/t15-/m0/s1. The van der Waals surface area contributed by atoms with Crippen molar-refractivity contribution in [1.29, 1.82) is 0 Å². The number of hydrogen-bond donors (Lipinski definition) is 1. The summed E-state index contributed by atoms with van der Waals surface area (Å²) < 4.78 is 24.6. The number of carboxylic acid groups (broad SMARTS) is 1. The van der Waals surface area contributed by atoms with E-state index in [4.69, 9.17) is 5.11 Å². The monoisotopic (exact) mass is 312 g/mol. The Morgan fingerprint density at radius 2 is 1.62 bits per heavy atom. The van der Waals surface area contributed by atoms with Gasteiger partial charge in [0.1, 0.15) is 0 Å². The normalized spacial score (nSPS) is 13.6. The molecule has 0 spiro atoms. The third-order valence-electron chi connectivity index (χ3n) is 3.45. The van der Waals surface area contributed by atoms with Gasteiger partial charge >= 0.3 is 5.97 Å². The lowest BCUT2D eigenvalue weighted by molar-refractivity contribution is -0.142. The van der Waals surface area contributed by atoms with Crippen LogP contribution in [-0.2, 0) is 21.1 Å². The number of aliphatic carboxylic acids is 1. The molecule has 1 atom stereocenters. The highest BCUT2D eigenvalue weighted by Crippen LogP contribution is 2.20. The van der Waals surface area contributed by atoms with E-state index in [9.17, 15) is 13.2 Å². The molecule has 0 bridgehead atoms. The maximum Gasteiger partial charge on any atom is 0.307 e. The summed E-state index contributed by atoms with van der Waals surface area (Å²) in [7, 11) is -3.58. The minimum atomic E-state index is -3.58. The Morgan fingerprint density at radius 3 is 2.00 bits per heavy atom. The lowest BCUT2D eigenvalue weighted by Crippen LogP contribution is -2.28. The van der Waals surface area contributed by atoms with Crippen LogP contribution in [0.3, 0.4) is 0 Å². The highest BCUT2D eigenvalue weighted by molar-refractivity contribution is 7.91. The first kappa shape index (κ1) is 17.7. The van der Waals surface area contributed by atoms with E-state index in [2.05, 4.69) is 13.8 Å². The van der Waals surface area contributed by atoms with Gasteiger partial charge in [-0.1, -0.05) is 39.8 Å². The molecule has 1 aromatic rings. The molecular weight excluding hydrogens is 288 g/mol. The summed E-state index contributed by atoms with van der Waals surface area (Å²) in [6, 6.07) is 6.76. The molecule has 0 amide bonds. The molecule has 1 aromatic carbocycles. The van der Waals surface area contributed by atoms with E-state index in [1.54, 1.807) is 38.1 Å². The summed E-state index contributed by atoms with van der Waals surface area (Å²) >= 11 is 0. The summed E-state index contributed by atoms with van der Waals surface area (Å²) in [4.78, 5) is 11.4. The molecule has 0 heterocycles. The van der Waals surface area contributed by atoms with Gasteiger partial charge in [0.15, 0.2) is 9.84 Å². The molecule has 118 valence electrons. The Bertz CT molecular complexity index is 571. The number of sulfone groups is 1. The second-order valence-electron chi connectivity index (χ2n) is 6.21. The van der Waals surface area contributed by atoms with Crippen molar-refractivity contribution in [2.24, 2.45) is 17.8 Å². The molecule has 21 heavy (non-hydrogen) atoms. The molecule has 0 aliphatic rings. The van der Waals surface area contributed by atoms with Crippen LogP contribution in [0.5, 0.6) is 0 Å². The number of hydrogen-bond acceptors (Lipinski definition) is 3. The third kappa shape index (κ3) is 5.16. The van der Waals surface area contributed by atoms with E-state index in [-0.39, 0.29) is 16.6 Å². The fourth-order valence-electron chi connectivity index (χ4n) is 2.19. The molecule has 0 aromatic heterocycles. The number of benzene rings is 1.